The van der Waals surface area contributed by atoms with Crippen molar-refractivity contribution in [2.75, 3.05) is 240 Å². The highest BCUT2D eigenvalue weighted by atomic mass is 16.6. The molecule has 0 aliphatic heterocycles. The van der Waals surface area contributed by atoms with Crippen LogP contribution in [0.5, 0.6) is 0 Å². The summed E-state index contributed by atoms with van der Waals surface area (Å²) in [4.78, 5) is 0. The molecule has 0 amide bonds. The van der Waals surface area contributed by atoms with Crippen molar-refractivity contribution in [1.29, 1.82) is 0 Å². The number of methoxy groups -OCH3 is 5. The SMILES string of the molecule is COCCOCCOCCOCC(COCCOCCOCCOC)OCC(COC)COC(COCCOCCOCCOC)COCCOCCOCCOC. The van der Waals surface area contributed by atoms with E-state index in [2.05, 4.69) is 0 Å². The van der Waals surface area contributed by atoms with Gasteiger partial charge >= 0.3 is 0 Å². The fourth-order valence-corrected chi connectivity index (χ4v) is 4.40. The van der Waals surface area contributed by atoms with Gasteiger partial charge in [0.25, 0.3) is 0 Å². The van der Waals surface area contributed by atoms with E-state index in [9.17, 15) is 0 Å². The Bertz CT molecular complexity index is 643. The Morgan fingerprint density at radius 1 is 0.207 bits per heavy atom. The number of hydrogen-bond acceptors (Lipinski definition) is 19. The molecule has 0 aliphatic rings. The number of hydrogen-bond donors (Lipinski definition) is 0. The molecule has 0 atom stereocenters. The first kappa shape index (κ1) is 57.2. The van der Waals surface area contributed by atoms with Crippen molar-refractivity contribution in [2.45, 2.75) is 12.2 Å². The van der Waals surface area contributed by atoms with Crippen LogP contribution in [0.25, 0.3) is 0 Å². The lowest BCUT2D eigenvalue weighted by atomic mass is 10.2. The summed E-state index contributed by atoms with van der Waals surface area (Å²) in [5.74, 6) is -0.0826. The molecule has 350 valence electrons. The Balaban J connectivity index is 4.90. The van der Waals surface area contributed by atoms with Crippen molar-refractivity contribution in [3.05, 3.63) is 0 Å². The monoisotopic (exact) mass is 853 g/mol. The highest BCUT2D eigenvalue weighted by Gasteiger charge is 2.19. The van der Waals surface area contributed by atoms with Crippen molar-refractivity contribution in [3.63, 3.8) is 0 Å². The first-order valence-electron chi connectivity index (χ1n) is 20.3. The lowest BCUT2D eigenvalue weighted by molar-refractivity contribution is -0.111. The molecule has 19 heteroatoms. The smallest absolute Gasteiger partial charge is 0.104 e. The maximum absolute atomic E-state index is 6.30. The quantitative estimate of drug-likeness (QED) is 0.0786. The van der Waals surface area contributed by atoms with Crippen molar-refractivity contribution in [1.82, 2.24) is 0 Å². The summed E-state index contributed by atoms with van der Waals surface area (Å²) in [5.41, 5.74) is 0. The van der Waals surface area contributed by atoms with Crippen LogP contribution in [0.4, 0.5) is 0 Å². The average Bonchev–Trinajstić information content (AvgIpc) is 3.23. The van der Waals surface area contributed by atoms with Gasteiger partial charge in [0.2, 0.25) is 0 Å². The minimum absolute atomic E-state index is 0.0826. The Kier molecular flexibility index (Phi) is 49.9. The Morgan fingerprint density at radius 3 is 0.621 bits per heavy atom. The van der Waals surface area contributed by atoms with Crippen LogP contribution in [0, 0.1) is 5.92 Å². The molecule has 0 saturated heterocycles. The first-order valence-corrected chi connectivity index (χ1v) is 20.3. The highest BCUT2D eigenvalue weighted by molar-refractivity contribution is 4.64. The van der Waals surface area contributed by atoms with Gasteiger partial charge in [-0.2, -0.15) is 0 Å². The molecule has 0 unspecified atom stereocenters. The van der Waals surface area contributed by atoms with E-state index >= 15 is 0 Å². The molecule has 19 nitrogen and oxygen atoms in total. The Hall–Kier alpha value is -0.760. The summed E-state index contributed by atoms with van der Waals surface area (Å²) in [6.07, 6.45) is -0.681. The minimum atomic E-state index is -0.340. The molecular weight excluding hydrogens is 772 g/mol. The molecule has 0 bridgehead atoms. The van der Waals surface area contributed by atoms with Crippen LogP contribution in [-0.4, -0.2) is 253 Å². The van der Waals surface area contributed by atoms with E-state index in [0.717, 1.165) is 0 Å². The van der Waals surface area contributed by atoms with Crippen LogP contribution < -0.4 is 0 Å². The third-order valence-corrected chi connectivity index (χ3v) is 7.46. The van der Waals surface area contributed by atoms with E-state index in [0.29, 0.717) is 205 Å². The van der Waals surface area contributed by atoms with Crippen LogP contribution in [-0.2, 0) is 90.0 Å². The van der Waals surface area contributed by atoms with Crippen LogP contribution in [0.2, 0.25) is 0 Å². The molecular formula is C39H80O19. The summed E-state index contributed by atoms with van der Waals surface area (Å²) in [6, 6.07) is 0. The lowest BCUT2D eigenvalue weighted by Gasteiger charge is -2.25. The van der Waals surface area contributed by atoms with Crippen molar-refractivity contribution >= 4 is 0 Å². The third kappa shape index (κ3) is 44.8. The van der Waals surface area contributed by atoms with Gasteiger partial charge in [0, 0.05) is 41.5 Å². The predicted molar refractivity (Wildman–Crippen MR) is 212 cm³/mol. The molecule has 0 aliphatic carbocycles. The molecule has 0 fully saturated rings. The van der Waals surface area contributed by atoms with Gasteiger partial charge in [-0.3, -0.25) is 0 Å². The third-order valence-electron chi connectivity index (χ3n) is 7.46. The van der Waals surface area contributed by atoms with E-state index in [1.54, 1.807) is 35.5 Å². The average molecular weight is 853 g/mol. The van der Waals surface area contributed by atoms with Gasteiger partial charge in [0.1, 0.15) is 12.2 Å². The zero-order valence-electron chi connectivity index (χ0n) is 36.4. The van der Waals surface area contributed by atoms with Gasteiger partial charge in [-0.15, -0.1) is 0 Å². The summed E-state index contributed by atoms with van der Waals surface area (Å²) < 4.78 is 106. The van der Waals surface area contributed by atoms with Crippen molar-refractivity contribution in [3.8, 4) is 0 Å². The van der Waals surface area contributed by atoms with Crippen LogP contribution >= 0.6 is 0 Å². The second kappa shape index (κ2) is 50.6. The lowest BCUT2D eigenvalue weighted by Crippen LogP contribution is -2.34. The molecule has 0 aromatic rings. The van der Waals surface area contributed by atoms with Crippen molar-refractivity contribution in [2.24, 2.45) is 5.92 Å². The molecule has 0 spiro atoms. The van der Waals surface area contributed by atoms with Gasteiger partial charge in [-0.05, 0) is 0 Å². The Labute approximate surface area is 348 Å². The van der Waals surface area contributed by atoms with Gasteiger partial charge in [-0.1, -0.05) is 0 Å². The zero-order chi connectivity index (χ0) is 42.1. The normalized spacial score (nSPS) is 12.0. The molecule has 0 aromatic heterocycles. The van der Waals surface area contributed by atoms with E-state index in [4.69, 9.17) is 90.0 Å². The molecule has 0 radical (unpaired) electrons. The highest BCUT2D eigenvalue weighted by Crippen LogP contribution is 2.08. The second-order valence-electron chi connectivity index (χ2n) is 12.4. The van der Waals surface area contributed by atoms with Crippen LogP contribution in [0.1, 0.15) is 0 Å². The summed E-state index contributed by atoms with van der Waals surface area (Å²) >= 11 is 0. The van der Waals surface area contributed by atoms with E-state index in [1.807, 2.05) is 0 Å². The van der Waals surface area contributed by atoms with E-state index in [-0.39, 0.29) is 18.1 Å². The standard InChI is InChI=1S/C39H80O19/c1-40-6-10-45-14-18-49-22-26-53-33-38(34-54-27-23-50-19-15-46-11-7-41-2)57-31-37(30-44-5)32-58-39(35-55-28-24-51-20-16-47-12-8-42-3)36-56-29-25-52-21-17-48-13-9-43-4/h37-39H,6-36H2,1-5H3. The molecule has 0 saturated carbocycles. The van der Waals surface area contributed by atoms with E-state index < -0.39 is 0 Å². The van der Waals surface area contributed by atoms with Crippen molar-refractivity contribution < 1.29 is 90.0 Å². The fraction of sp³-hybridized carbons (Fsp3) is 1.00. The van der Waals surface area contributed by atoms with E-state index in [1.165, 1.54) is 0 Å². The summed E-state index contributed by atoms with van der Waals surface area (Å²) in [7, 11) is 8.20. The topological polar surface area (TPSA) is 175 Å². The fourth-order valence-electron chi connectivity index (χ4n) is 4.40. The Morgan fingerprint density at radius 2 is 0.414 bits per heavy atom. The predicted octanol–water partition coefficient (Wildman–Crippen LogP) is 0.804. The minimum Gasteiger partial charge on any atom is -0.384 e. The van der Waals surface area contributed by atoms with Crippen LogP contribution in [0.3, 0.4) is 0 Å². The maximum Gasteiger partial charge on any atom is 0.104 e. The summed E-state index contributed by atoms with van der Waals surface area (Å²) in [6.45, 7) is 13.9. The molecule has 0 N–H and O–H groups in total. The number of ether oxygens (including phenoxy) is 19. The van der Waals surface area contributed by atoms with Gasteiger partial charge in [0.15, 0.2) is 0 Å². The second-order valence-corrected chi connectivity index (χ2v) is 12.4. The maximum atomic E-state index is 6.30. The molecule has 58 heavy (non-hydrogen) atoms. The first-order chi connectivity index (χ1) is 28.7. The summed E-state index contributed by atoms with van der Waals surface area (Å²) in [5, 5.41) is 0. The molecule has 0 aromatic carbocycles. The van der Waals surface area contributed by atoms with Gasteiger partial charge in [-0.25, -0.2) is 0 Å². The van der Waals surface area contributed by atoms with Gasteiger partial charge < -0.3 is 90.0 Å². The van der Waals surface area contributed by atoms with Gasteiger partial charge in [0.05, 0.1) is 205 Å². The molecule has 0 rings (SSSR count). The largest absolute Gasteiger partial charge is 0.384 e. The zero-order valence-corrected chi connectivity index (χ0v) is 36.4. The van der Waals surface area contributed by atoms with Crippen LogP contribution in [0.15, 0.2) is 0 Å². The number of rotatable bonds is 52. The molecule has 0 heterocycles.